The Bertz CT molecular complexity index is 1220. The summed E-state index contributed by atoms with van der Waals surface area (Å²) in [5.74, 6) is 0.253. The molecule has 34 heavy (non-hydrogen) atoms. The molecular weight excluding hydrogens is 493 g/mol. The van der Waals surface area contributed by atoms with E-state index in [2.05, 4.69) is 10.3 Å². The van der Waals surface area contributed by atoms with Crippen LogP contribution in [0.1, 0.15) is 12.0 Å². The first-order valence-electron chi connectivity index (χ1n) is 10.4. The third-order valence-electron chi connectivity index (χ3n) is 5.10. The van der Waals surface area contributed by atoms with Gasteiger partial charge < -0.3 is 10.1 Å². The summed E-state index contributed by atoms with van der Waals surface area (Å²) in [4.78, 5) is 32.2. The van der Waals surface area contributed by atoms with Crippen molar-refractivity contribution >= 4 is 63.3 Å². The Morgan fingerprint density at radius 1 is 1.06 bits per heavy atom. The number of amides is 2. The highest BCUT2D eigenvalue weighted by molar-refractivity contribution is 8.15. The van der Waals surface area contributed by atoms with Crippen LogP contribution in [-0.2, 0) is 16.1 Å². The number of aliphatic imine (C=N–C) groups is 1. The van der Waals surface area contributed by atoms with Gasteiger partial charge in [0.25, 0.3) is 0 Å². The second kappa shape index (κ2) is 11.0. The molecule has 3 aromatic rings. The van der Waals surface area contributed by atoms with Gasteiger partial charge in [0.15, 0.2) is 5.17 Å². The van der Waals surface area contributed by atoms with Gasteiger partial charge in [0.1, 0.15) is 11.0 Å². The number of amidine groups is 1. The summed E-state index contributed by atoms with van der Waals surface area (Å²) in [5, 5.41) is 3.86. The van der Waals surface area contributed by atoms with Crippen molar-refractivity contribution in [1.82, 2.24) is 4.90 Å². The molecule has 4 rings (SSSR count). The van der Waals surface area contributed by atoms with E-state index in [0.29, 0.717) is 32.3 Å². The van der Waals surface area contributed by atoms with Crippen LogP contribution in [0.5, 0.6) is 5.75 Å². The van der Waals surface area contributed by atoms with Crippen LogP contribution >= 0.6 is 35.0 Å². The molecule has 2 amide bonds. The molecule has 1 aliphatic rings. The van der Waals surface area contributed by atoms with E-state index in [1.807, 2.05) is 30.3 Å². The lowest BCUT2D eigenvalue weighted by Gasteiger charge is -2.17. The van der Waals surface area contributed by atoms with E-state index in [1.165, 1.54) is 11.8 Å². The summed E-state index contributed by atoms with van der Waals surface area (Å²) in [6.45, 7) is 0.260. The lowest BCUT2D eigenvalue weighted by Crippen LogP contribution is -2.33. The van der Waals surface area contributed by atoms with Gasteiger partial charge in [0, 0.05) is 22.2 Å². The summed E-state index contributed by atoms with van der Waals surface area (Å²) in [6.07, 6.45) is 0.00673. The van der Waals surface area contributed by atoms with Gasteiger partial charge in [-0.05, 0) is 60.2 Å². The molecule has 6 nitrogen and oxygen atoms in total. The van der Waals surface area contributed by atoms with Crippen LogP contribution in [0.2, 0.25) is 10.0 Å². The van der Waals surface area contributed by atoms with Gasteiger partial charge in [-0.2, -0.15) is 0 Å². The summed E-state index contributed by atoms with van der Waals surface area (Å²) in [5.41, 5.74) is 2.09. The third-order valence-corrected chi connectivity index (χ3v) is 6.90. The molecule has 1 atom stereocenters. The van der Waals surface area contributed by atoms with E-state index < -0.39 is 5.25 Å². The molecule has 0 saturated carbocycles. The quantitative estimate of drug-likeness (QED) is 0.410. The minimum absolute atomic E-state index is 0.00673. The minimum atomic E-state index is -0.605. The number of carbonyl (C=O) groups is 2. The van der Waals surface area contributed by atoms with Crippen molar-refractivity contribution in [2.75, 3.05) is 12.4 Å². The number of ether oxygens (including phenoxy) is 1. The number of anilines is 1. The van der Waals surface area contributed by atoms with Crippen LogP contribution in [0.25, 0.3) is 0 Å². The molecule has 174 valence electrons. The standard InChI is InChI=1S/C25H21Cl2N3O3S/c1-33-20-12-10-19(11-13-20)29-25-30(15-16-4-2-3-5-21(16)27)24(32)22(34-25)14-23(31)28-18-8-6-17(26)7-9-18/h2-13,22H,14-15H2,1H3,(H,28,31)/t22-/m1/s1. The molecule has 0 radical (unpaired) electrons. The molecule has 0 aliphatic carbocycles. The predicted molar refractivity (Wildman–Crippen MR) is 138 cm³/mol. The van der Waals surface area contributed by atoms with Crippen LogP contribution in [0, 0.1) is 0 Å². The molecule has 1 fully saturated rings. The molecule has 0 unspecified atom stereocenters. The van der Waals surface area contributed by atoms with Crippen LogP contribution in [0.4, 0.5) is 11.4 Å². The first-order valence-corrected chi connectivity index (χ1v) is 12.1. The monoisotopic (exact) mass is 513 g/mol. The molecule has 0 bridgehead atoms. The van der Waals surface area contributed by atoms with Crippen molar-refractivity contribution in [3.05, 3.63) is 88.4 Å². The zero-order valence-electron chi connectivity index (χ0n) is 18.2. The van der Waals surface area contributed by atoms with Crippen molar-refractivity contribution in [2.45, 2.75) is 18.2 Å². The molecule has 3 aromatic carbocycles. The van der Waals surface area contributed by atoms with Crippen molar-refractivity contribution < 1.29 is 14.3 Å². The van der Waals surface area contributed by atoms with Crippen molar-refractivity contribution in [1.29, 1.82) is 0 Å². The highest BCUT2D eigenvalue weighted by Gasteiger charge is 2.39. The fourth-order valence-electron chi connectivity index (χ4n) is 3.35. The first kappa shape index (κ1) is 24.1. The maximum absolute atomic E-state index is 13.3. The smallest absolute Gasteiger partial charge is 0.242 e. The topological polar surface area (TPSA) is 71.0 Å². The fraction of sp³-hybridized carbons (Fsp3) is 0.160. The summed E-state index contributed by atoms with van der Waals surface area (Å²) in [6, 6.07) is 21.4. The third kappa shape index (κ3) is 5.91. The van der Waals surface area contributed by atoms with E-state index in [0.717, 1.165) is 5.56 Å². The van der Waals surface area contributed by atoms with Gasteiger partial charge in [-0.3, -0.25) is 14.5 Å². The second-order valence-corrected chi connectivity index (χ2v) is 9.49. The average molecular weight is 514 g/mol. The number of thioether (sulfide) groups is 1. The van der Waals surface area contributed by atoms with Crippen molar-refractivity contribution in [3.8, 4) is 5.75 Å². The van der Waals surface area contributed by atoms with Crippen LogP contribution in [-0.4, -0.2) is 34.2 Å². The van der Waals surface area contributed by atoms with Gasteiger partial charge in [-0.15, -0.1) is 0 Å². The molecule has 1 heterocycles. The van der Waals surface area contributed by atoms with Gasteiger partial charge in [0.05, 0.1) is 19.3 Å². The molecular formula is C25H21Cl2N3O3S. The van der Waals surface area contributed by atoms with Gasteiger partial charge in [-0.25, -0.2) is 4.99 Å². The highest BCUT2D eigenvalue weighted by atomic mass is 35.5. The molecule has 1 N–H and O–H groups in total. The first-order chi connectivity index (χ1) is 16.4. The average Bonchev–Trinajstić information content (AvgIpc) is 3.11. The van der Waals surface area contributed by atoms with Gasteiger partial charge in [-0.1, -0.05) is 53.2 Å². The Morgan fingerprint density at radius 2 is 1.76 bits per heavy atom. The van der Waals surface area contributed by atoms with Crippen molar-refractivity contribution in [2.24, 2.45) is 4.99 Å². The Kier molecular flexibility index (Phi) is 7.77. The van der Waals surface area contributed by atoms with Crippen LogP contribution in [0.15, 0.2) is 77.8 Å². The Labute approximate surface area is 211 Å². The number of carbonyl (C=O) groups excluding carboxylic acids is 2. The molecule has 0 spiro atoms. The van der Waals surface area contributed by atoms with E-state index >= 15 is 0 Å². The van der Waals surface area contributed by atoms with Crippen molar-refractivity contribution in [3.63, 3.8) is 0 Å². The van der Waals surface area contributed by atoms with Crippen LogP contribution < -0.4 is 10.1 Å². The second-order valence-electron chi connectivity index (χ2n) is 7.47. The number of hydrogen-bond donors (Lipinski definition) is 1. The SMILES string of the molecule is COc1ccc(N=C2S[C@H](CC(=O)Nc3ccc(Cl)cc3)C(=O)N2Cc2ccccc2Cl)cc1. The molecule has 1 saturated heterocycles. The maximum Gasteiger partial charge on any atom is 0.242 e. The zero-order chi connectivity index (χ0) is 24.1. The normalized spacial score (nSPS) is 16.7. The highest BCUT2D eigenvalue weighted by Crippen LogP contribution is 2.34. The lowest BCUT2D eigenvalue weighted by atomic mass is 10.2. The Hall–Kier alpha value is -3.00. The summed E-state index contributed by atoms with van der Waals surface area (Å²) < 4.78 is 5.20. The van der Waals surface area contributed by atoms with Crippen LogP contribution in [0.3, 0.4) is 0 Å². The molecule has 1 aliphatic heterocycles. The number of halogens is 2. The van der Waals surface area contributed by atoms with Gasteiger partial charge >= 0.3 is 0 Å². The number of nitrogens with one attached hydrogen (secondary N) is 1. The lowest BCUT2D eigenvalue weighted by molar-refractivity contribution is -0.128. The molecule has 9 heteroatoms. The van der Waals surface area contributed by atoms with E-state index in [9.17, 15) is 9.59 Å². The summed E-state index contributed by atoms with van der Waals surface area (Å²) >= 11 is 13.5. The van der Waals surface area contributed by atoms with E-state index in [4.69, 9.17) is 27.9 Å². The number of hydrogen-bond acceptors (Lipinski definition) is 5. The summed E-state index contributed by atoms with van der Waals surface area (Å²) in [7, 11) is 1.59. The maximum atomic E-state index is 13.3. The zero-order valence-corrected chi connectivity index (χ0v) is 20.5. The van der Waals surface area contributed by atoms with E-state index in [-0.39, 0.29) is 24.8 Å². The van der Waals surface area contributed by atoms with E-state index in [1.54, 1.807) is 54.5 Å². The predicted octanol–water partition coefficient (Wildman–Crippen LogP) is 6.16. The Morgan fingerprint density at radius 3 is 2.44 bits per heavy atom. The number of rotatable bonds is 7. The molecule has 0 aromatic heterocycles. The number of benzene rings is 3. The Balaban J connectivity index is 1.55. The number of nitrogens with zero attached hydrogens (tertiary/aromatic N) is 2. The fourth-order valence-corrected chi connectivity index (χ4v) is 4.83. The van der Waals surface area contributed by atoms with Gasteiger partial charge in [0.2, 0.25) is 11.8 Å². The largest absolute Gasteiger partial charge is 0.497 e. The minimum Gasteiger partial charge on any atom is -0.497 e. The number of methoxy groups -OCH3 is 1.